The maximum atomic E-state index is 12.3. The largest absolute Gasteiger partial charge is 0.367 e. The zero-order valence-electron chi connectivity index (χ0n) is 12.5. The molecule has 6 heteroatoms. The van der Waals surface area contributed by atoms with E-state index < -0.39 is 0 Å². The van der Waals surface area contributed by atoms with Gasteiger partial charge in [0.05, 0.1) is 17.3 Å². The van der Waals surface area contributed by atoms with E-state index in [-0.39, 0.29) is 18.4 Å². The zero-order chi connectivity index (χ0) is 15.5. The second-order valence-electron chi connectivity index (χ2n) is 5.74. The molecule has 2 saturated heterocycles. The lowest BCUT2D eigenvalue weighted by Gasteiger charge is -2.37. The van der Waals surface area contributed by atoms with E-state index in [4.69, 9.17) is 11.6 Å². The van der Waals surface area contributed by atoms with Crippen molar-refractivity contribution in [3.63, 3.8) is 0 Å². The summed E-state index contributed by atoms with van der Waals surface area (Å²) in [5, 5.41) is 0.741. The SMILES string of the molecule is O=C(CN1CCCC1=O)N1CCN(c2ccccc2Cl)CC1. The van der Waals surface area contributed by atoms with Crippen LogP contribution in [0.15, 0.2) is 24.3 Å². The van der Waals surface area contributed by atoms with Crippen molar-refractivity contribution in [2.24, 2.45) is 0 Å². The van der Waals surface area contributed by atoms with Crippen molar-refractivity contribution in [2.45, 2.75) is 12.8 Å². The molecular weight excluding hydrogens is 302 g/mol. The van der Waals surface area contributed by atoms with Crippen LogP contribution in [-0.4, -0.2) is 60.9 Å². The maximum absolute atomic E-state index is 12.3. The van der Waals surface area contributed by atoms with Crippen LogP contribution in [0.2, 0.25) is 5.02 Å². The van der Waals surface area contributed by atoms with Gasteiger partial charge in [0.25, 0.3) is 0 Å². The third-order valence-electron chi connectivity index (χ3n) is 4.32. The predicted octanol–water partition coefficient (Wildman–Crippen LogP) is 1.61. The summed E-state index contributed by atoms with van der Waals surface area (Å²) in [7, 11) is 0. The number of nitrogens with zero attached hydrogens (tertiary/aromatic N) is 3. The minimum Gasteiger partial charge on any atom is -0.367 e. The predicted molar refractivity (Wildman–Crippen MR) is 86.1 cm³/mol. The minimum absolute atomic E-state index is 0.0501. The topological polar surface area (TPSA) is 43.9 Å². The Labute approximate surface area is 135 Å². The summed E-state index contributed by atoms with van der Waals surface area (Å²) in [6.07, 6.45) is 1.44. The molecule has 0 aromatic heterocycles. The van der Waals surface area contributed by atoms with Crippen molar-refractivity contribution in [2.75, 3.05) is 44.2 Å². The number of rotatable bonds is 3. The van der Waals surface area contributed by atoms with Crippen LogP contribution < -0.4 is 4.90 Å². The Morgan fingerprint density at radius 3 is 2.45 bits per heavy atom. The Morgan fingerprint density at radius 2 is 1.82 bits per heavy atom. The summed E-state index contributed by atoms with van der Waals surface area (Å²) in [6.45, 7) is 3.82. The summed E-state index contributed by atoms with van der Waals surface area (Å²) in [5.41, 5.74) is 1.02. The highest BCUT2D eigenvalue weighted by Gasteiger charge is 2.27. The van der Waals surface area contributed by atoms with Crippen molar-refractivity contribution in [1.82, 2.24) is 9.80 Å². The lowest BCUT2D eigenvalue weighted by atomic mass is 10.2. The van der Waals surface area contributed by atoms with E-state index in [2.05, 4.69) is 4.90 Å². The fourth-order valence-electron chi connectivity index (χ4n) is 3.04. The number of hydrogen-bond donors (Lipinski definition) is 0. The van der Waals surface area contributed by atoms with E-state index in [9.17, 15) is 9.59 Å². The summed E-state index contributed by atoms with van der Waals surface area (Å²) in [5.74, 6) is 0.150. The number of para-hydroxylation sites is 1. The quantitative estimate of drug-likeness (QED) is 0.849. The molecule has 0 N–H and O–H groups in total. The second kappa shape index (κ2) is 6.57. The van der Waals surface area contributed by atoms with Crippen LogP contribution in [0.4, 0.5) is 5.69 Å². The fraction of sp³-hybridized carbons (Fsp3) is 0.500. The first kappa shape index (κ1) is 15.2. The Balaban J connectivity index is 1.54. The molecular formula is C16H20ClN3O2. The minimum atomic E-state index is 0.0501. The molecule has 2 heterocycles. The normalized spacial score (nSPS) is 19.0. The molecule has 3 rings (SSSR count). The fourth-order valence-corrected chi connectivity index (χ4v) is 3.29. The highest BCUT2D eigenvalue weighted by Crippen LogP contribution is 2.26. The first-order valence-electron chi connectivity index (χ1n) is 7.70. The van der Waals surface area contributed by atoms with Crippen molar-refractivity contribution in [3.8, 4) is 0 Å². The van der Waals surface area contributed by atoms with Crippen LogP contribution in [0.25, 0.3) is 0 Å². The van der Waals surface area contributed by atoms with Gasteiger partial charge in [0.1, 0.15) is 0 Å². The number of carbonyl (C=O) groups is 2. The highest BCUT2D eigenvalue weighted by molar-refractivity contribution is 6.33. The first-order valence-corrected chi connectivity index (χ1v) is 8.08. The van der Waals surface area contributed by atoms with Gasteiger partial charge in [-0.1, -0.05) is 23.7 Å². The van der Waals surface area contributed by atoms with Gasteiger partial charge in [-0.3, -0.25) is 9.59 Å². The third-order valence-corrected chi connectivity index (χ3v) is 4.64. The Morgan fingerprint density at radius 1 is 1.09 bits per heavy atom. The van der Waals surface area contributed by atoms with Crippen LogP contribution >= 0.6 is 11.6 Å². The van der Waals surface area contributed by atoms with E-state index in [1.54, 1.807) is 4.90 Å². The smallest absolute Gasteiger partial charge is 0.242 e. The maximum Gasteiger partial charge on any atom is 0.242 e. The molecule has 22 heavy (non-hydrogen) atoms. The van der Waals surface area contributed by atoms with Crippen LogP contribution in [0, 0.1) is 0 Å². The van der Waals surface area contributed by atoms with Crippen LogP contribution in [0.5, 0.6) is 0 Å². The second-order valence-corrected chi connectivity index (χ2v) is 6.15. The van der Waals surface area contributed by atoms with Gasteiger partial charge in [-0.05, 0) is 18.6 Å². The van der Waals surface area contributed by atoms with E-state index in [0.29, 0.717) is 26.1 Å². The number of likely N-dealkylation sites (tertiary alicyclic amines) is 1. The van der Waals surface area contributed by atoms with Crippen LogP contribution in [0.1, 0.15) is 12.8 Å². The van der Waals surface area contributed by atoms with E-state index in [0.717, 1.165) is 30.2 Å². The third kappa shape index (κ3) is 3.19. The molecule has 5 nitrogen and oxygen atoms in total. The zero-order valence-corrected chi connectivity index (χ0v) is 13.3. The Bertz CT molecular complexity index is 570. The molecule has 0 aliphatic carbocycles. The van der Waals surface area contributed by atoms with Gasteiger partial charge >= 0.3 is 0 Å². The molecule has 0 spiro atoms. The van der Waals surface area contributed by atoms with Crippen LogP contribution in [-0.2, 0) is 9.59 Å². The van der Waals surface area contributed by atoms with Gasteiger partial charge in [-0.2, -0.15) is 0 Å². The number of piperazine rings is 1. The molecule has 0 bridgehead atoms. The molecule has 2 amide bonds. The highest BCUT2D eigenvalue weighted by atomic mass is 35.5. The van der Waals surface area contributed by atoms with Crippen LogP contribution in [0.3, 0.4) is 0 Å². The van der Waals surface area contributed by atoms with Gasteiger partial charge in [-0.15, -0.1) is 0 Å². The van der Waals surface area contributed by atoms with Gasteiger partial charge in [0.2, 0.25) is 11.8 Å². The molecule has 118 valence electrons. The summed E-state index contributed by atoms with van der Waals surface area (Å²) in [6, 6.07) is 7.77. The van der Waals surface area contributed by atoms with E-state index >= 15 is 0 Å². The van der Waals surface area contributed by atoms with Gasteiger partial charge < -0.3 is 14.7 Å². The number of hydrogen-bond acceptors (Lipinski definition) is 3. The number of carbonyl (C=O) groups excluding carboxylic acids is 2. The number of benzene rings is 1. The molecule has 0 unspecified atom stereocenters. The molecule has 2 fully saturated rings. The molecule has 2 aliphatic rings. The average Bonchev–Trinajstić information content (AvgIpc) is 2.93. The van der Waals surface area contributed by atoms with Crippen molar-refractivity contribution < 1.29 is 9.59 Å². The molecule has 0 radical (unpaired) electrons. The summed E-state index contributed by atoms with van der Waals surface area (Å²) in [4.78, 5) is 29.6. The monoisotopic (exact) mass is 321 g/mol. The van der Waals surface area contributed by atoms with Gasteiger partial charge in [0.15, 0.2) is 0 Å². The van der Waals surface area contributed by atoms with Gasteiger partial charge in [-0.25, -0.2) is 0 Å². The Hall–Kier alpha value is -1.75. The Kier molecular flexibility index (Phi) is 4.52. The average molecular weight is 322 g/mol. The molecule has 2 aliphatic heterocycles. The molecule has 1 aromatic carbocycles. The lowest BCUT2D eigenvalue weighted by molar-refractivity contribution is -0.138. The molecule has 1 aromatic rings. The van der Waals surface area contributed by atoms with E-state index in [1.165, 1.54) is 0 Å². The molecule has 0 saturated carbocycles. The van der Waals surface area contributed by atoms with Crippen molar-refractivity contribution in [3.05, 3.63) is 29.3 Å². The summed E-state index contributed by atoms with van der Waals surface area (Å²) >= 11 is 6.22. The van der Waals surface area contributed by atoms with Crippen molar-refractivity contribution >= 4 is 29.1 Å². The number of halogens is 1. The molecule has 0 atom stereocenters. The standard InChI is InChI=1S/C16H20ClN3O2/c17-13-4-1-2-5-14(13)18-8-10-19(11-9-18)16(22)12-20-7-3-6-15(20)21/h1-2,4-5H,3,6-12H2. The van der Waals surface area contributed by atoms with Crippen molar-refractivity contribution in [1.29, 1.82) is 0 Å². The number of amides is 2. The van der Waals surface area contributed by atoms with Gasteiger partial charge in [0, 0.05) is 39.1 Å². The number of anilines is 1. The first-order chi connectivity index (χ1) is 10.6. The lowest BCUT2D eigenvalue weighted by Crippen LogP contribution is -2.51. The summed E-state index contributed by atoms with van der Waals surface area (Å²) < 4.78 is 0. The van der Waals surface area contributed by atoms with E-state index in [1.807, 2.05) is 29.2 Å².